The first kappa shape index (κ1) is 8.62. The van der Waals surface area contributed by atoms with Gasteiger partial charge in [0.2, 0.25) is 0 Å². The molecule has 0 spiro atoms. The lowest BCUT2D eigenvalue weighted by Gasteiger charge is -1.96. The second kappa shape index (κ2) is 3.41. The predicted octanol–water partition coefficient (Wildman–Crippen LogP) is 1.47. The zero-order valence-corrected chi connectivity index (χ0v) is 7.71. The molecule has 0 aliphatic rings. The van der Waals surface area contributed by atoms with E-state index in [2.05, 4.69) is 10.1 Å². The molecule has 0 fully saturated rings. The summed E-state index contributed by atoms with van der Waals surface area (Å²) in [6.45, 7) is 1.51. The van der Waals surface area contributed by atoms with Gasteiger partial charge in [-0.1, -0.05) is 6.07 Å². The molecule has 0 saturated heterocycles. The molecule has 4 nitrogen and oxygen atoms in total. The van der Waals surface area contributed by atoms with Crippen molar-refractivity contribution in [1.82, 2.24) is 14.8 Å². The van der Waals surface area contributed by atoms with Gasteiger partial charge >= 0.3 is 0 Å². The largest absolute Gasteiger partial charge is 0.294 e. The number of nitrogens with zero attached hydrogens (tertiary/aromatic N) is 3. The summed E-state index contributed by atoms with van der Waals surface area (Å²) < 4.78 is 1.58. The molecule has 0 atom stereocenters. The van der Waals surface area contributed by atoms with E-state index in [1.807, 2.05) is 18.2 Å². The third kappa shape index (κ3) is 1.54. The zero-order valence-electron chi connectivity index (χ0n) is 7.71. The molecular weight excluding hydrogens is 178 g/mol. The van der Waals surface area contributed by atoms with Crippen LogP contribution in [0.15, 0.2) is 36.8 Å². The van der Waals surface area contributed by atoms with Gasteiger partial charge in [0, 0.05) is 12.4 Å². The summed E-state index contributed by atoms with van der Waals surface area (Å²) in [5.41, 5.74) is 0.593. The number of hydrogen-bond donors (Lipinski definition) is 0. The van der Waals surface area contributed by atoms with Gasteiger partial charge in [-0.2, -0.15) is 5.10 Å². The van der Waals surface area contributed by atoms with Crippen LogP contribution in [-0.4, -0.2) is 20.5 Å². The molecule has 0 aliphatic heterocycles. The molecule has 2 heterocycles. The van der Waals surface area contributed by atoms with Gasteiger partial charge in [-0.15, -0.1) is 0 Å². The predicted molar refractivity (Wildman–Crippen MR) is 51.4 cm³/mol. The molecular formula is C10H9N3O. The molecule has 14 heavy (non-hydrogen) atoms. The van der Waals surface area contributed by atoms with Gasteiger partial charge in [-0.3, -0.25) is 4.79 Å². The van der Waals surface area contributed by atoms with Crippen molar-refractivity contribution in [3.05, 3.63) is 42.4 Å². The summed E-state index contributed by atoms with van der Waals surface area (Å²) in [5.74, 6) is 0.715. The molecule has 0 aromatic carbocycles. The van der Waals surface area contributed by atoms with Crippen LogP contribution in [0.1, 0.15) is 17.3 Å². The SMILES string of the molecule is CC(=O)c1cnn(-c2ccccn2)c1. The first-order valence-electron chi connectivity index (χ1n) is 4.24. The minimum absolute atomic E-state index is 0.00665. The maximum Gasteiger partial charge on any atom is 0.162 e. The fourth-order valence-corrected chi connectivity index (χ4v) is 1.12. The fourth-order valence-electron chi connectivity index (χ4n) is 1.12. The highest BCUT2D eigenvalue weighted by Gasteiger charge is 2.04. The topological polar surface area (TPSA) is 47.8 Å². The molecule has 0 unspecified atom stereocenters. The Balaban J connectivity index is 2.39. The van der Waals surface area contributed by atoms with Gasteiger partial charge in [0.05, 0.1) is 11.8 Å². The van der Waals surface area contributed by atoms with E-state index < -0.39 is 0 Å². The summed E-state index contributed by atoms with van der Waals surface area (Å²) in [5, 5.41) is 4.04. The number of Topliss-reactive ketones (excluding diaryl/α,β-unsaturated/α-hetero) is 1. The van der Waals surface area contributed by atoms with E-state index in [0.717, 1.165) is 0 Å². The molecule has 0 saturated carbocycles. The Labute approximate surface area is 81.2 Å². The minimum atomic E-state index is 0.00665. The van der Waals surface area contributed by atoms with Crippen LogP contribution in [-0.2, 0) is 0 Å². The van der Waals surface area contributed by atoms with Gasteiger partial charge in [0.15, 0.2) is 11.6 Å². The quantitative estimate of drug-likeness (QED) is 0.669. The van der Waals surface area contributed by atoms with Crippen LogP contribution in [0.25, 0.3) is 5.82 Å². The molecule has 70 valence electrons. The monoisotopic (exact) mass is 187 g/mol. The molecule has 0 aliphatic carbocycles. The van der Waals surface area contributed by atoms with E-state index in [-0.39, 0.29) is 5.78 Å². The van der Waals surface area contributed by atoms with Gasteiger partial charge in [0.1, 0.15) is 0 Å². The average Bonchev–Trinajstić information content (AvgIpc) is 2.68. The third-order valence-electron chi connectivity index (χ3n) is 1.87. The summed E-state index contributed by atoms with van der Waals surface area (Å²) in [6, 6.07) is 5.53. The molecule has 0 radical (unpaired) electrons. The van der Waals surface area contributed by atoms with Crippen molar-refractivity contribution in [2.45, 2.75) is 6.92 Å². The molecule has 0 amide bonds. The number of ketones is 1. The van der Waals surface area contributed by atoms with E-state index in [1.165, 1.54) is 13.1 Å². The first-order valence-corrected chi connectivity index (χ1v) is 4.24. The number of rotatable bonds is 2. The van der Waals surface area contributed by atoms with Gasteiger partial charge < -0.3 is 0 Å². The Morgan fingerprint density at radius 3 is 2.86 bits per heavy atom. The highest BCUT2D eigenvalue weighted by molar-refractivity contribution is 5.93. The highest BCUT2D eigenvalue weighted by atomic mass is 16.1. The fraction of sp³-hybridized carbons (Fsp3) is 0.100. The second-order valence-electron chi connectivity index (χ2n) is 2.92. The Morgan fingerprint density at radius 2 is 2.29 bits per heavy atom. The normalized spacial score (nSPS) is 10.1. The zero-order chi connectivity index (χ0) is 9.97. The van der Waals surface area contributed by atoms with Crippen LogP contribution in [0.2, 0.25) is 0 Å². The standard InChI is InChI=1S/C10H9N3O/c1-8(14)9-6-12-13(7-9)10-4-2-3-5-11-10/h2-7H,1H3. The van der Waals surface area contributed by atoms with Crippen LogP contribution >= 0.6 is 0 Å². The van der Waals surface area contributed by atoms with E-state index in [0.29, 0.717) is 11.4 Å². The summed E-state index contributed by atoms with van der Waals surface area (Å²) in [7, 11) is 0. The number of pyridine rings is 1. The van der Waals surface area contributed by atoms with Crippen molar-refractivity contribution in [3.63, 3.8) is 0 Å². The van der Waals surface area contributed by atoms with Crippen LogP contribution in [0.5, 0.6) is 0 Å². The van der Waals surface area contributed by atoms with Crippen LogP contribution in [0.3, 0.4) is 0 Å². The number of hydrogen-bond acceptors (Lipinski definition) is 3. The highest BCUT2D eigenvalue weighted by Crippen LogP contribution is 2.04. The molecule has 4 heteroatoms. The van der Waals surface area contributed by atoms with Crippen molar-refractivity contribution in [2.75, 3.05) is 0 Å². The Morgan fingerprint density at radius 1 is 1.43 bits per heavy atom. The summed E-state index contributed by atoms with van der Waals surface area (Å²) >= 11 is 0. The Kier molecular flexibility index (Phi) is 2.10. The Hall–Kier alpha value is -1.97. The molecule has 0 N–H and O–H groups in total. The van der Waals surface area contributed by atoms with Crippen molar-refractivity contribution in [2.24, 2.45) is 0 Å². The third-order valence-corrected chi connectivity index (χ3v) is 1.87. The second-order valence-corrected chi connectivity index (χ2v) is 2.92. The molecule has 2 aromatic heterocycles. The van der Waals surface area contributed by atoms with E-state index in [1.54, 1.807) is 17.1 Å². The molecule has 0 bridgehead atoms. The molecule has 2 aromatic rings. The van der Waals surface area contributed by atoms with Gasteiger partial charge in [-0.25, -0.2) is 9.67 Å². The average molecular weight is 187 g/mol. The van der Waals surface area contributed by atoms with Gasteiger partial charge in [-0.05, 0) is 19.1 Å². The smallest absolute Gasteiger partial charge is 0.162 e. The van der Waals surface area contributed by atoms with Crippen LogP contribution in [0, 0.1) is 0 Å². The lowest BCUT2D eigenvalue weighted by Crippen LogP contribution is -1.96. The van der Waals surface area contributed by atoms with E-state index >= 15 is 0 Å². The minimum Gasteiger partial charge on any atom is -0.294 e. The summed E-state index contributed by atoms with van der Waals surface area (Å²) in [6.07, 6.45) is 4.89. The Bertz CT molecular complexity index is 447. The van der Waals surface area contributed by atoms with Crippen LogP contribution < -0.4 is 0 Å². The summed E-state index contributed by atoms with van der Waals surface area (Å²) in [4.78, 5) is 15.1. The lowest BCUT2D eigenvalue weighted by atomic mass is 10.3. The van der Waals surface area contributed by atoms with Crippen LogP contribution in [0.4, 0.5) is 0 Å². The van der Waals surface area contributed by atoms with E-state index in [4.69, 9.17) is 0 Å². The van der Waals surface area contributed by atoms with E-state index in [9.17, 15) is 4.79 Å². The maximum absolute atomic E-state index is 11.0. The maximum atomic E-state index is 11.0. The lowest BCUT2D eigenvalue weighted by molar-refractivity contribution is 0.101. The first-order chi connectivity index (χ1) is 6.77. The van der Waals surface area contributed by atoms with Crippen molar-refractivity contribution in [3.8, 4) is 5.82 Å². The van der Waals surface area contributed by atoms with Gasteiger partial charge in [0.25, 0.3) is 0 Å². The number of carbonyl (C=O) groups is 1. The van der Waals surface area contributed by atoms with Crippen molar-refractivity contribution in [1.29, 1.82) is 0 Å². The number of aromatic nitrogens is 3. The molecule has 2 rings (SSSR count). The van der Waals surface area contributed by atoms with Crippen molar-refractivity contribution >= 4 is 5.78 Å². The van der Waals surface area contributed by atoms with Crippen molar-refractivity contribution < 1.29 is 4.79 Å². The number of carbonyl (C=O) groups excluding carboxylic acids is 1.